The Morgan fingerprint density at radius 2 is 1.87 bits per heavy atom. The zero-order chi connectivity index (χ0) is 11.3. The van der Waals surface area contributed by atoms with Crippen LogP contribution in [0, 0.1) is 5.92 Å². The van der Waals surface area contributed by atoms with Crippen LogP contribution < -0.4 is 5.32 Å². The minimum atomic E-state index is 0.0658. The molecule has 0 saturated heterocycles. The van der Waals surface area contributed by atoms with E-state index >= 15 is 0 Å². The van der Waals surface area contributed by atoms with Crippen molar-refractivity contribution in [2.45, 2.75) is 64.5 Å². The van der Waals surface area contributed by atoms with Crippen molar-refractivity contribution < 1.29 is 4.74 Å². The van der Waals surface area contributed by atoms with Crippen LogP contribution >= 0.6 is 0 Å². The van der Waals surface area contributed by atoms with Crippen molar-refractivity contribution in [3.8, 4) is 0 Å². The van der Waals surface area contributed by atoms with Gasteiger partial charge in [0.2, 0.25) is 0 Å². The van der Waals surface area contributed by atoms with E-state index in [2.05, 4.69) is 26.1 Å². The van der Waals surface area contributed by atoms with Gasteiger partial charge in [0, 0.05) is 13.2 Å². The van der Waals surface area contributed by atoms with Gasteiger partial charge in [0.1, 0.15) is 0 Å². The van der Waals surface area contributed by atoms with Crippen LogP contribution in [-0.4, -0.2) is 25.3 Å². The number of nitrogens with one attached hydrogen (secondary N) is 1. The van der Waals surface area contributed by atoms with E-state index in [4.69, 9.17) is 4.74 Å². The van der Waals surface area contributed by atoms with Gasteiger partial charge in [-0.05, 0) is 44.6 Å². The second-order valence-electron chi connectivity index (χ2n) is 4.75. The van der Waals surface area contributed by atoms with Gasteiger partial charge >= 0.3 is 0 Å². The lowest BCUT2D eigenvalue weighted by atomic mass is 9.85. The van der Waals surface area contributed by atoms with Crippen molar-refractivity contribution in [1.29, 1.82) is 0 Å². The van der Waals surface area contributed by atoms with Crippen molar-refractivity contribution in [2.75, 3.05) is 13.7 Å². The maximum atomic E-state index is 5.83. The molecule has 1 aliphatic rings. The first-order valence-corrected chi connectivity index (χ1v) is 6.52. The number of hydrogen-bond donors (Lipinski definition) is 1. The van der Waals surface area contributed by atoms with E-state index in [1.807, 2.05) is 7.11 Å². The SMILES string of the molecule is CCCNC(C1CC1)C(CC)(CC)OC. The van der Waals surface area contributed by atoms with Crippen LogP contribution in [0.4, 0.5) is 0 Å². The maximum absolute atomic E-state index is 5.83. The molecular weight excluding hydrogens is 186 g/mol. The number of hydrogen-bond acceptors (Lipinski definition) is 2. The van der Waals surface area contributed by atoms with Gasteiger partial charge in [-0.2, -0.15) is 0 Å². The Labute approximate surface area is 94.8 Å². The van der Waals surface area contributed by atoms with Crippen LogP contribution in [0.2, 0.25) is 0 Å². The van der Waals surface area contributed by atoms with E-state index in [-0.39, 0.29) is 5.60 Å². The van der Waals surface area contributed by atoms with E-state index < -0.39 is 0 Å². The van der Waals surface area contributed by atoms with Crippen LogP contribution in [0.1, 0.15) is 52.9 Å². The van der Waals surface area contributed by atoms with Gasteiger partial charge < -0.3 is 10.1 Å². The average Bonchev–Trinajstić information content (AvgIpc) is 3.09. The quantitative estimate of drug-likeness (QED) is 0.669. The zero-order valence-electron chi connectivity index (χ0n) is 10.8. The summed E-state index contributed by atoms with van der Waals surface area (Å²) in [6.45, 7) is 7.83. The molecule has 1 N–H and O–H groups in total. The summed E-state index contributed by atoms with van der Waals surface area (Å²) < 4.78 is 5.83. The first kappa shape index (κ1) is 13.0. The predicted octanol–water partition coefficient (Wildman–Crippen LogP) is 2.97. The second kappa shape index (κ2) is 5.86. The topological polar surface area (TPSA) is 21.3 Å². The smallest absolute Gasteiger partial charge is 0.0828 e. The van der Waals surface area contributed by atoms with Crippen LogP contribution in [0.3, 0.4) is 0 Å². The first-order valence-electron chi connectivity index (χ1n) is 6.52. The molecule has 2 nitrogen and oxygen atoms in total. The summed E-state index contributed by atoms with van der Waals surface area (Å²) in [7, 11) is 1.87. The average molecular weight is 213 g/mol. The van der Waals surface area contributed by atoms with Crippen LogP contribution in [0.5, 0.6) is 0 Å². The molecular formula is C13H27NO. The predicted molar refractivity (Wildman–Crippen MR) is 65.1 cm³/mol. The third kappa shape index (κ3) is 2.94. The van der Waals surface area contributed by atoms with E-state index in [0.29, 0.717) is 6.04 Å². The molecule has 0 aliphatic heterocycles. The van der Waals surface area contributed by atoms with Crippen LogP contribution in [0.25, 0.3) is 0 Å². The summed E-state index contributed by atoms with van der Waals surface area (Å²) in [5, 5.41) is 3.70. The second-order valence-corrected chi connectivity index (χ2v) is 4.75. The fraction of sp³-hybridized carbons (Fsp3) is 1.00. The summed E-state index contributed by atoms with van der Waals surface area (Å²) in [4.78, 5) is 0. The summed E-state index contributed by atoms with van der Waals surface area (Å²) in [6.07, 6.45) is 6.19. The molecule has 15 heavy (non-hydrogen) atoms. The summed E-state index contributed by atoms with van der Waals surface area (Å²) in [5.41, 5.74) is 0.0658. The summed E-state index contributed by atoms with van der Waals surface area (Å²) in [5.74, 6) is 0.858. The Balaban J connectivity index is 2.65. The van der Waals surface area contributed by atoms with Crippen molar-refractivity contribution in [3.05, 3.63) is 0 Å². The number of ether oxygens (including phenoxy) is 1. The van der Waals surface area contributed by atoms with E-state index in [0.717, 1.165) is 25.3 Å². The largest absolute Gasteiger partial charge is 0.377 e. The molecule has 0 aromatic heterocycles. The molecule has 1 rings (SSSR count). The molecule has 1 aliphatic carbocycles. The molecule has 1 fully saturated rings. The molecule has 0 spiro atoms. The lowest BCUT2D eigenvalue weighted by Crippen LogP contribution is -2.53. The Bertz CT molecular complexity index is 165. The monoisotopic (exact) mass is 213 g/mol. The van der Waals surface area contributed by atoms with Gasteiger partial charge in [0.15, 0.2) is 0 Å². The Morgan fingerprint density at radius 1 is 1.27 bits per heavy atom. The number of rotatable bonds is 8. The highest BCUT2D eigenvalue weighted by molar-refractivity contribution is 5.00. The fourth-order valence-electron chi connectivity index (χ4n) is 2.62. The van der Waals surface area contributed by atoms with Crippen molar-refractivity contribution in [3.63, 3.8) is 0 Å². The molecule has 1 atom stereocenters. The van der Waals surface area contributed by atoms with Crippen LogP contribution in [-0.2, 0) is 4.74 Å². The van der Waals surface area contributed by atoms with E-state index in [1.165, 1.54) is 19.3 Å². The molecule has 0 bridgehead atoms. The molecule has 0 radical (unpaired) electrons. The van der Waals surface area contributed by atoms with Gasteiger partial charge in [-0.3, -0.25) is 0 Å². The van der Waals surface area contributed by atoms with Gasteiger partial charge in [-0.1, -0.05) is 20.8 Å². The summed E-state index contributed by atoms with van der Waals surface area (Å²) >= 11 is 0. The highest BCUT2D eigenvalue weighted by Crippen LogP contribution is 2.41. The van der Waals surface area contributed by atoms with Crippen molar-refractivity contribution in [1.82, 2.24) is 5.32 Å². The third-order valence-electron chi connectivity index (χ3n) is 3.88. The minimum Gasteiger partial charge on any atom is -0.377 e. The van der Waals surface area contributed by atoms with E-state index in [1.54, 1.807) is 0 Å². The van der Waals surface area contributed by atoms with Gasteiger partial charge in [0.25, 0.3) is 0 Å². The molecule has 1 unspecified atom stereocenters. The standard InChI is InChI=1S/C13H27NO/c1-5-10-14-12(11-8-9-11)13(6-2,7-3)15-4/h11-12,14H,5-10H2,1-4H3. The zero-order valence-corrected chi connectivity index (χ0v) is 10.8. The fourth-order valence-corrected chi connectivity index (χ4v) is 2.62. The maximum Gasteiger partial charge on any atom is 0.0828 e. The van der Waals surface area contributed by atoms with Crippen molar-refractivity contribution >= 4 is 0 Å². The number of methoxy groups -OCH3 is 1. The molecule has 0 aromatic carbocycles. The third-order valence-corrected chi connectivity index (χ3v) is 3.88. The molecule has 1 saturated carbocycles. The van der Waals surface area contributed by atoms with Crippen molar-refractivity contribution in [2.24, 2.45) is 5.92 Å². The highest BCUT2D eigenvalue weighted by Gasteiger charge is 2.44. The molecule has 90 valence electrons. The lowest BCUT2D eigenvalue weighted by molar-refractivity contribution is -0.0530. The first-order chi connectivity index (χ1) is 7.24. The van der Waals surface area contributed by atoms with Crippen LogP contribution in [0.15, 0.2) is 0 Å². The Hall–Kier alpha value is -0.0800. The molecule has 2 heteroatoms. The minimum absolute atomic E-state index is 0.0658. The molecule has 0 aromatic rings. The van der Waals surface area contributed by atoms with Gasteiger partial charge in [0.05, 0.1) is 5.60 Å². The lowest BCUT2D eigenvalue weighted by Gasteiger charge is -2.39. The Morgan fingerprint density at radius 3 is 2.20 bits per heavy atom. The Kier molecular flexibility index (Phi) is 5.07. The molecule has 0 heterocycles. The normalized spacial score (nSPS) is 19.2. The highest BCUT2D eigenvalue weighted by atomic mass is 16.5. The van der Waals surface area contributed by atoms with Gasteiger partial charge in [-0.15, -0.1) is 0 Å². The van der Waals surface area contributed by atoms with E-state index in [9.17, 15) is 0 Å². The van der Waals surface area contributed by atoms with Gasteiger partial charge in [-0.25, -0.2) is 0 Å². The molecule has 0 amide bonds. The summed E-state index contributed by atoms with van der Waals surface area (Å²) in [6, 6.07) is 0.567.